The molecule has 0 bridgehead atoms. The largest absolute Gasteiger partial charge is 0.313 e. The van der Waals surface area contributed by atoms with Crippen molar-refractivity contribution >= 4 is 0 Å². The highest BCUT2D eigenvalue weighted by Gasteiger charge is 2.29. The summed E-state index contributed by atoms with van der Waals surface area (Å²) in [7, 11) is 0. The van der Waals surface area contributed by atoms with E-state index in [0.29, 0.717) is 5.41 Å². The number of hydrogen-bond acceptors (Lipinski definition) is 1. The zero-order valence-electron chi connectivity index (χ0n) is 12.6. The molecule has 0 amide bonds. The molecule has 0 radical (unpaired) electrons. The van der Waals surface area contributed by atoms with Gasteiger partial charge in [-0.15, -0.1) is 0 Å². The summed E-state index contributed by atoms with van der Waals surface area (Å²) in [5.74, 6) is 1.03. The Labute approximate surface area is 114 Å². The van der Waals surface area contributed by atoms with Crippen molar-refractivity contribution in [3.05, 3.63) is 0 Å². The molecule has 0 spiro atoms. The quantitative estimate of drug-likeness (QED) is 0.685. The van der Waals surface area contributed by atoms with Gasteiger partial charge in [0.05, 0.1) is 0 Å². The Morgan fingerprint density at radius 3 is 2.50 bits per heavy atom. The Balaban J connectivity index is 1.70. The lowest BCUT2D eigenvalue weighted by molar-refractivity contribution is 0.287. The van der Waals surface area contributed by atoms with Crippen LogP contribution in [-0.4, -0.2) is 12.6 Å². The maximum Gasteiger partial charge on any atom is 0.00673 e. The van der Waals surface area contributed by atoms with Crippen LogP contribution in [0.3, 0.4) is 0 Å². The Morgan fingerprint density at radius 2 is 1.78 bits per heavy atom. The van der Waals surface area contributed by atoms with E-state index in [-0.39, 0.29) is 0 Å². The van der Waals surface area contributed by atoms with Gasteiger partial charge >= 0.3 is 0 Å². The average Bonchev–Trinajstić information content (AvgIpc) is 2.66. The van der Waals surface area contributed by atoms with Gasteiger partial charge in [0.1, 0.15) is 0 Å². The fourth-order valence-electron chi connectivity index (χ4n) is 4.08. The summed E-state index contributed by atoms with van der Waals surface area (Å²) in [5.41, 5.74) is 0.620. The van der Waals surface area contributed by atoms with Crippen LogP contribution in [0.1, 0.15) is 84.5 Å². The Bertz CT molecular complexity index is 230. The monoisotopic (exact) mass is 251 g/mol. The van der Waals surface area contributed by atoms with E-state index in [1.54, 1.807) is 0 Å². The number of rotatable bonds is 5. The summed E-state index contributed by atoms with van der Waals surface area (Å²) in [6.07, 6.45) is 15.9. The topological polar surface area (TPSA) is 12.0 Å². The van der Waals surface area contributed by atoms with Crippen molar-refractivity contribution < 1.29 is 0 Å². The summed E-state index contributed by atoms with van der Waals surface area (Å²) in [6.45, 7) is 6.10. The molecular weight excluding hydrogens is 218 g/mol. The summed E-state index contributed by atoms with van der Waals surface area (Å²) in [4.78, 5) is 0. The summed E-state index contributed by atoms with van der Waals surface area (Å²) in [5, 5.41) is 3.91. The molecule has 1 heteroatoms. The maximum absolute atomic E-state index is 3.91. The van der Waals surface area contributed by atoms with E-state index in [4.69, 9.17) is 0 Å². The van der Waals surface area contributed by atoms with Gasteiger partial charge in [0.25, 0.3) is 0 Å². The average molecular weight is 251 g/mol. The summed E-state index contributed by atoms with van der Waals surface area (Å²) < 4.78 is 0. The molecule has 2 aliphatic rings. The van der Waals surface area contributed by atoms with Crippen LogP contribution in [0, 0.1) is 11.3 Å². The molecule has 2 saturated carbocycles. The highest BCUT2D eigenvalue weighted by atomic mass is 14.9. The summed E-state index contributed by atoms with van der Waals surface area (Å²) in [6, 6.07) is 0.823. The smallest absolute Gasteiger partial charge is 0.00673 e. The van der Waals surface area contributed by atoms with E-state index in [1.807, 2.05) is 0 Å². The minimum atomic E-state index is 0.620. The van der Waals surface area contributed by atoms with Crippen LogP contribution in [0.5, 0.6) is 0 Å². The maximum atomic E-state index is 3.91. The normalized spacial score (nSPS) is 32.3. The molecule has 2 unspecified atom stereocenters. The Morgan fingerprint density at radius 1 is 1.00 bits per heavy atom. The molecule has 0 aliphatic heterocycles. The van der Waals surface area contributed by atoms with Crippen LogP contribution in [0.15, 0.2) is 0 Å². The molecule has 2 atom stereocenters. The number of nitrogens with one attached hydrogen (secondary N) is 1. The first-order valence-electron chi connectivity index (χ1n) is 8.45. The fraction of sp³-hybridized carbons (Fsp3) is 1.00. The van der Waals surface area contributed by atoms with Crippen LogP contribution >= 0.6 is 0 Å². The van der Waals surface area contributed by atoms with Gasteiger partial charge in [0.15, 0.2) is 0 Å². The van der Waals surface area contributed by atoms with Crippen molar-refractivity contribution in [2.45, 2.75) is 90.5 Å². The third-order valence-electron chi connectivity index (χ3n) is 5.41. The summed E-state index contributed by atoms with van der Waals surface area (Å²) >= 11 is 0. The SMILES string of the molecule is CCCC1CCCC(NCC2(C)CCCC2)CC1. The minimum Gasteiger partial charge on any atom is -0.313 e. The van der Waals surface area contributed by atoms with Crippen LogP contribution in [0.4, 0.5) is 0 Å². The molecule has 106 valence electrons. The number of hydrogen-bond donors (Lipinski definition) is 1. The molecule has 18 heavy (non-hydrogen) atoms. The van der Waals surface area contributed by atoms with E-state index >= 15 is 0 Å². The third-order valence-corrected chi connectivity index (χ3v) is 5.41. The van der Waals surface area contributed by atoms with Gasteiger partial charge in [-0.1, -0.05) is 52.4 Å². The highest BCUT2D eigenvalue weighted by Crippen LogP contribution is 2.37. The van der Waals surface area contributed by atoms with Crippen molar-refractivity contribution in [1.82, 2.24) is 5.32 Å². The molecule has 2 fully saturated rings. The van der Waals surface area contributed by atoms with Crippen molar-refractivity contribution in [1.29, 1.82) is 0 Å². The van der Waals surface area contributed by atoms with Gasteiger partial charge in [0, 0.05) is 12.6 Å². The van der Waals surface area contributed by atoms with Crippen LogP contribution in [0.25, 0.3) is 0 Å². The van der Waals surface area contributed by atoms with Gasteiger partial charge in [0.2, 0.25) is 0 Å². The molecule has 0 aromatic carbocycles. The van der Waals surface area contributed by atoms with Crippen molar-refractivity contribution in [2.24, 2.45) is 11.3 Å². The second kappa shape index (κ2) is 6.93. The first-order chi connectivity index (χ1) is 8.72. The van der Waals surface area contributed by atoms with Gasteiger partial charge in [-0.05, 0) is 43.4 Å². The minimum absolute atomic E-state index is 0.620. The molecule has 2 aliphatic carbocycles. The third kappa shape index (κ3) is 4.26. The standard InChI is InChI=1S/C17H33N/c1-3-7-15-8-6-9-16(11-10-15)18-14-17(2)12-4-5-13-17/h15-16,18H,3-14H2,1-2H3. The molecule has 0 aromatic rings. The highest BCUT2D eigenvalue weighted by molar-refractivity contribution is 4.84. The van der Waals surface area contributed by atoms with Gasteiger partial charge in [-0.2, -0.15) is 0 Å². The molecular formula is C17H33N. The van der Waals surface area contributed by atoms with E-state index in [2.05, 4.69) is 19.2 Å². The van der Waals surface area contributed by atoms with Crippen LogP contribution in [0.2, 0.25) is 0 Å². The first-order valence-corrected chi connectivity index (χ1v) is 8.45. The van der Waals surface area contributed by atoms with E-state index in [0.717, 1.165) is 12.0 Å². The molecule has 1 N–H and O–H groups in total. The van der Waals surface area contributed by atoms with E-state index < -0.39 is 0 Å². The molecule has 0 saturated heterocycles. The van der Waals surface area contributed by atoms with Crippen molar-refractivity contribution in [3.63, 3.8) is 0 Å². The van der Waals surface area contributed by atoms with Crippen molar-refractivity contribution in [2.75, 3.05) is 6.54 Å². The zero-order valence-corrected chi connectivity index (χ0v) is 12.6. The van der Waals surface area contributed by atoms with Gasteiger partial charge in [-0.3, -0.25) is 0 Å². The zero-order chi connectivity index (χ0) is 12.8. The first kappa shape index (κ1) is 14.4. The van der Waals surface area contributed by atoms with Crippen molar-refractivity contribution in [3.8, 4) is 0 Å². The molecule has 0 heterocycles. The second-order valence-electron chi connectivity index (χ2n) is 7.26. The predicted octanol–water partition coefficient (Wildman–Crippen LogP) is 4.91. The Kier molecular flexibility index (Phi) is 5.54. The lowest BCUT2D eigenvalue weighted by atomic mass is 9.88. The lowest BCUT2D eigenvalue weighted by Crippen LogP contribution is -2.37. The molecule has 2 rings (SSSR count). The second-order valence-corrected chi connectivity index (χ2v) is 7.26. The van der Waals surface area contributed by atoms with E-state index in [9.17, 15) is 0 Å². The lowest BCUT2D eigenvalue weighted by Gasteiger charge is -2.27. The van der Waals surface area contributed by atoms with E-state index in [1.165, 1.54) is 77.2 Å². The predicted molar refractivity (Wildman–Crippen MR) is 79.8 cm³/mol. The van der Waals surface area contributed by atoms with Gasteiger partial charge < -0.3 is 5.32 Å². The fourth-order valence-corrected chi connectivity index (χ4v) is 4.08. The van der Waals surface area contributed by atoms with Gasteiger partial charge in [-0.25, -0.2) is 0 Å². The molecule has 1 nitrogen and oxygen atoms in total. The molecule has 0 aromatic heterocycles. The Hall–Kier alpha value is -0.0400. The van der Waals surface area contributed by atoms with Crippen LogP contribution in [-0.2, 0) is 0 Å². The van der Waals surface area contributed by atoms with Crippen LogP contribution < -0.4 is 5.32 Å².